The number of thioether (sulfide) groups is 1. The maximum Gasteiger partial charge on any atom is 0.0205 e. The molecule has 1 aromatic rings. The molecule has 17 heavy (non-hydrogen) atoms. The molecule has 0 bridgehead atoms. The number of aryl methyl sites for hydroxylation is 1. The average molecular weight is 252 g/mol. The molecule has 1 N–H and O–H groups in total. The van der Waals surface area contributed by atoms with Crippen LogP contribution in [0, 0.1) is 6.92 Å². The maximum absolute atomic E-state index is 3.36. The van der Waals surface area contributed by atoms with Crippen molar-refractivity contribution in [3.63, 3.8) is 0 Å². The summed E-state index contributed by atoms with van der Waals surface area (Å²) in [4.78, 5) is 3.63. The van der Waals surface area contributed by atoms with Crippen LogP contribution in [0.2, 0.25) is 0 Å². The zero-order valence-corrected chi connectivity index (χ0v) is 12.2. The Morgan fingerprint density at radius 3 is 2.65 bits per heavy atom. The first kappa shape index (κ1) is 14.6. The Hall–Kier alpha value is -0.510. The smallest absolute Gasteiger partial charge is 0.0205 e. The van der Waals surface area contributed by atoms with E-state index in [0.717, 1.165) is 25.4 Å². The highest BCUT2D eigenvalue weighted by Gasteiger charge is 2.01. The van der Waals surface area contributed by atoms with E-state index in [1.54, 1.807) is 0 Å². The summed E-state index contributed by atoms with van der Waals surface area (Å²) in [6.07, 6.45) is 0. The molecule has 0 aliphatic carbocycles. The monoisotopic (exact) mass is 252 g/mol. The maximum atomic E-state index is 3.36. The van der Waals surface area contributed by atoms with E-state index >= 15 is 0 Å². The molecule has 0 spiro atoms. The van der Waals surface area contributed by atoms with Gasteiger partial charge in [0.05, 0.1) is 0 Å². The molecule has 0 aromatic heterocycles. The predicted octanol–water partition coefficient (Wildman–Crippen LogP) is 2.76. The average Bonchev–Trinajstić information content (AvgIpc) is 2.28. The summed E-state index contributed by atoms with van der Waals surface area (Å²) in [6.45, 7) is 7.47. The third-order valence-corrected chi connectivity index (χ3v) is 3.77. The predicted molar refractivity (Wildman–Crippen MR) is 77.8 cm³/mol. The second kappa shape index (κ2) is 7.75. The van der Waals surface area contributed by atoms with E-state index in [0.29, 0.717) is 0 Å². The normalized spacial score (nSPS) is 11.1. The van der Waals surface area contributed by atoms with E-state index in [-0.39, 0.29) is 0 Å². The molecule has 0 aliphatic heterocycles. The Morgan fingerprint density at radius 1 is 1.29 bits per heavy atom. The highest BCUT2D eigenvalue weighted by atomic mass is 32.2. The van der Waals surface area contributed by atoms with Crippen LogP contribution in [0.1, 0.15) is 18.1 Å². The van der Waals surface area contributed by atoms with E-state index in [1.807, 2.05) is 11.8 Å². The van der Waals surface area contributed by atoms with Crippen molar-refractivity contribution in [1.29, 1.82) is 0 Å². The number of nitrogens with zero attached hydrogens (tertiary/aromatic N) is 1. The minimum atomic E-state index is 0.972. The van der Waals surface area contributed by atoms with E-state index < -0.39 is 0 Å². The standard InChI is InChI=1S/C14H24N2S/c1-5-15-11-13-6-7-14(12(2)10-13)17-9-8-16(3)4/h6-7,10,15H,5,8-9,11H2,1-4H3. The fourth-order valence-electron chi connectivity index (χ4n) is 1.59. The highest BCUT2D eigenvalue weighted by Crippen LogP contribution is 2.23. The summed E-state index contributed by atoms with van der Waals surface area (Å²) in [5.74, 6) is 1.15. The molecule has 0 amide bonds. The molecule has 0 aliphatic rings. The Kier molecular flexibility index (Phi) is 6.63. The van der Waals surface area contributed by atoms with E-state index in [1.165, 1.54) is 16.0 Å². The first-order valence-electron chi connectivity index (χ1n) is 6.21. The molecule has 2 nitrogen and oxygen atoms in total. The second-order valence-electron chi connectivity index (χ2n) is 4.53. The zero-order valence-electron chi connectivity index (χ0n) is 11.4. The lowest BCUT2D eigenvalue weighted by molar-refractivity contribution is 0.437. The number of benzene rings is 1. The summed E-state index contributed by atoms with van der Waals surface area (Å²) >= 11 is 1.95. The van der Waals surface area contributed by atoms with Gasteiger partial charge in [-0.15, -0.1) is 11.8 Å². The fraction of sp³-hybridized carbons (Fsp3) is 0.571. The van der Waals surface area contributed by atoms with Crippen LogP contribution in [0.5, 0.6) is 0 Å². The first-order valence-corrected chi connectivity index (χ1v) is 7.19. The van der Waals surface area contributed by atoms with E-state index in [9.17, 15) is 0 Å². The minimum Gasteiger partial charge on any atom is -0.313 e. The van der Waals surface area contributed by atoms with Crippen LogP contribution in [-0.4, -0.2) is 37.8 Å². The van der Waals surface area contributed by atoms with Gasteiger partial charge in [0.1, 0.15) is 0 Å². The fourth-order valence-corrected chi connectivity index (χ4v) is 2.72. The van der Waals surface area contributed by atoms with Crippen molar-refractivity contribution < 1.29 is 0 Å². The van der Waals surface area contributed by atoms with Gasteiger partial charge in [-0.05, 0) is 44.8 Å². The van der Waals surface area contributed by atoms with Gasteiger partial charge in [-0.25, -0.2) is 0 Å². The third-order valence-electron chi connectivity index (χ3n) is 2.61. The molecular weight excluding hydrogens is 228 g/mol. The van der Waals surface area contributed by atoms with Crippen molar-refractivity contribution in [2.45, 2.75) is 25.3 Å². The van der Waals surface area contributed by atoms with Crippen LogP contribution in [0.3, 0.4) is 0 Å². The molecule has 1 aromatic carbocycles. The quantitative estimate of drug-likeness (QED) is 0.751. The summed E-state index contributed by atoms with van der Waals surface area (Å²) in [5, 5.41) is 3.36. The van der Waals surface area contributed by atoms with Gasteiger partial charge in [0, 0.05) is 23.7 Å². The molecule has 0 atom stereocenters. The van der Waals surface area contributed by atoms with Gasteiger partial charge in [-0.3, -0.25) is 0 Å². The zero-order chi connectivity index (χ0) is 12.7. The Bertz CT molecular complexity index is 337. The summed E-state index contributed by atoms with van der Waals surface area (Å²) in [5.41, 5.74) is 2.77. The van der Waals surface area contributed by atoms with E-state index in [4.69, 9.17) is 0 Å². The van der Waals surface area contributed by atoms with Gasteiger partial charge in [0.25, 0.3) is 0 Å². The molecule has 0 unspecified atom stereocenters. The molecule has 96 valence electrons. The van der Waals surface area contributed by atoms with Crippen LogP contribution in [-0.2, 0) is 6.54 Å². The topological polar surface area (TPSA) is 15.3 Å². The van der Waals surface area contributed by atoms with Crippen molar-refractivity contribution in [1.82, 2.24) is 10.2 Å². The molecule has 0 heterocycles. The molecule has 0 saturated heterocycles. The number of rotatable bonds is 7. The lowest BCUT2D eigenvalue weighted by Gasteiger charge is -2.11. The van der Waals surface area contributed by atoms with Gasteiger partial charge < -0.3 is 10.2 Å². The lowest BCUT2D eigenvalue weighted by Crippen LogP contribution is -2.14. The number of nitrogens with one attached hydrogen (secondary N) is 1. The summed E-state index contributed by atoms with van der Waals surface area (Å²) in [7, 11) is 4.24. The van der Waals surface area contributed by atoms with Crippen LogP contribution in [0.25, 0.3) is 0 Å². The molecule has 3 heteroatoms. The van der Waals surface area contributed by atoms with Crippen molar-refractivity contribution in [2.24, 2.45) is 0 Å². The van der Waals surface area contributed by atoms with Gasteiger partial charge in [0.15, 0.2) is 0 Å². The third kappa shape index (κ3) is 5.57. The molecule has 1 rings (SSSR count). The molecule has 0 saturated carbocycles. The molecule has 0 radical (unpaired) electrons. The van der Waals surface area contributed by atoms with Crippen molar-refractivity contribution in [3.8, 4) is 0 Å². The number of hydrogen-bond donors (Lipinski definition) is 1. The Labute approximate surface area is 110 Å². The van der Waals surface area contributed by atoms with Crippen molar-refractivity contribution in [2.75, 3.05) is 32.9 Å². The van der Waals surface area contributed by atoms with Crippen LogP contribution < -0.4 is 5.32 Å². The Balaban J connectivity index is 2.50. The lowest BCUT2D eigenvalue weighted by atomic mass is 10.1. The highest BCUT2D eigenvalue weighted by molar-refractivity contribution is 7.99. The first-order chi connectivity index (χ1) is 8.13. The van der Waals surface area contributed by atoms with Crippen LogP contribution in [0.15, 0.2) is 23.1 Å². The summed E-state index contributed by atoms with van der Waals surface area (Å²) in [6, 6.07) is 6.77. The molecule has 0 fully saturated rings. The number of hydrogen-bond acceptors (Lipinski definition) is 3. The minimum absolute atomic E-state index is 0.972. The van der Waals surface area contributed by atoms with Crippen molar-refractivity contribution in [3.05, 3.63) is 29.3 Å². The largest absolute Gasteiger partial charge is 0.313 e. The van der Waals surface area contributed by atoms with Gasteiger partial charge in [-0.1, -0.05) is 19.1 Å². The van der Waals surface area contributed by atoms with E-state index in [2.05, 4.69) is 56.4 Å². The SMILES string of the molecule is CCNCc1ccc(SCCN(C)C)c(C)c1. The van der Waals surface area contributed by atoms with Gasteiger partial charge in [0.2, 0.25) is 0 Å². The Morgan fingerprint density at radius 2 is 2.06 bits per heavy atom. The van der Waals surface area contributed by atoms with Crippen molar-refractivity contribution >= 4 is 11.8 Å². The van der Waals surface area contributed by atoms with Crippen LogP contribution in [0.4, 0.5) is 0 Å². The second-order valence-corrected chi connectivity index (χ2v) is 5.67. The van der Waals surface area contributed by atoms with Gasteiger partial charge in [-0.2, -0.15) is 0 Å². The van der Waals surface area contributed by atoms with Crippen LogP contribution >= 0.6 is 11.8 Å². The van der Waals surface area contributed by atoms with Gasteiger partial charge >= 0.3 is 0 Å². The summed E-state index contributed by atoms with van der Waals surface area (Å²) < 4.78 is 0. The molecular formula is C14H24N2S.